The van der Waals surface area contributed by atoms with Gasteiger partial charge >= 0.3 is 5.97 Å². The highest BCUT2D eigenvalue weighted by Crippen LogP contribution is 2.38. The molecule has 114 valence electrons. The van der Waals surface area contributed by atoms with Crippen molar-refractivity contribution >= 4 is 11.8 Å². The fourth-order valence-electron chi connectivity index (χ4n) is 2.89. The van der Waals surface area contributed by atoms with Crippen molar-refractivity contribution in [1.29, 1.82) is 0 Å². The van der Waals surface area contributed by atoms with E-state index in [2.05, 4.69) is 0 Å². The molecule has 1 aromatic carbocycles. The highest BCUT2D eigenvalue weighted by molar-refractivity contribution is 6.02. The number of benzene rings is 1. The lowest BCUT2D eigenvalue weighted by atomic mass is 9.76. The molecule has 2 rings (SSSR count). The van der Waals surface area contributed by atoms with Crippen LogP contribution in [0.1, 0.15) is 50.2 Å². The van der Waals surface area contributed by atoms with E-state index >= 15 is 0 Å². The number of aryl methyl sites for hydroxylation is 1. The maximum absolute atomic E-state index is 12.5. The summed E-state index contributed by atoms with van der Waals surface area (Å²) in [6.07, 6.45) is 1.90. The number of carbonyl (C=O) groups is 2. The molecule has 1 saturated carbocycles. The smallest absolute Gasteiger partial charge is 0.314 e. The fraction of sp³-hybridized carbons (Fsp3) is 0.529. The minimum atomic E-state index is -1.01. The van der Waals surface area contributed by atoms with E-state index in [4.69, 9.17) is 4.74 Å². The Bertz CT molecular complexity index is 548. The van der Waals surface area contributed by atoms with Crippen molar-refractivity contribution in [2.75, 3.05) is 0 Å². The van der Waals surface area contributed by atoms with Gasteiger partial charge in [0, 0.05) is 11.5 Å². The van der Waals surface area contributed by atoms with E-state index in [1.165, 1.54) is 0 Å². The van der Waals surface area contributed by atoms with Gasteiger partial charge in [-0.15, -0.1) is 0 Å². The van der Waals surface area contributed by atoms with Gasteiger partial charge < -0.3 is 9.84 Å². The molecule has 0 aromatic heterocycles. The van der Waals surface area contributed by atoms with Crippen LogP contribution in [-0.2, 0) is 9.59 Å². The third kappa shape index (κ3) is 3.43. The number of hydrogen-bond donors (Lipinski definition) is 1. The molecule has 0 amide bonds. The molecule has 0 spiro atoms. The van der Waals surface area contributed by atoms with Crippen molar-refractivity contribution in [3.63, 3.8) is 0 Å². The van der Waals surface area contributed by atoms with Gasteiger partial charge in [-0.05, 0) is 45.2 Å². The quantitative estimate of drug-likeness (QED) is 0.864. The first kappa shape index (κ1) is 15.5. The maximum Gasteiger partial charge on any atom is 0.314 e. The zero-order valence-electron chi connectivity index (χ0n) is 12.8. The Hall–Kier alpha value is -1.84. The first-order valence-electron chi connectivity index (χ1n) is 7.44. The molecule has 1 aliphatic carbocycles. The molecule has 21 heavy (non-hydrogen) atoms. The van der Waals surface area contributed by atoms with Crippen LogP contribution in [0.4, 0.5) is 0 Å². The monoisotopic (exact) mass is 290 g/mol. The van der Waals surface area contributed by atoms with E-state index < -0.39 is 11.9 Å². The van der Waals surface area contributed by atoms with Crippen LogP contribution in [0.2, 0.25) is 0 Å². The number of aliphatic carboxylic acids is 1. The van der Waals surface area contributed by atoms with E-state index in [-0.39, 0.29) is 17.8 Å². The summed E-state index contributed by atoms with van der Waals surface area (Å²) >= 11 is 0. The highest BCUT2D eigenvalue weighted by Gasteiger charge is 2.37. The molecule has 4 heteroatoms. The number of carbonyl (C=O) groups excluding carboxylic acids is 1. The van der Waals surface area contributed by atoms with E-state index in [1.807, 2.05) is 39.0 Å². The van der Waals surface area contributed by atoms with Gasteiger partial charge in [0.1, 0.15) is 11.7 Å². The van der Waals surface area contributed by atoms with Gasteiger partial charge in [-0.25, -0.2) is 0 Å². The Kier molecular flexibility index (Phi) is 4.66. The number of ether oxygens (including phenoxy) is 1. The lowest BCUT2D eigenvalue weighted by Crippen LogP contribution is -2.32. The molecule has 1 aromatic rings. The van der Waals surface area contributed by atoms with Gasteiger partial charge in [0.05, 0.1) is 6.10 Å². The maximum atomic E-state index is 12.5. The van der Waals surface area contributed by atoms with Gasteiger partial charge in [-0.1, -0.05) is 18.6 Å². The van der Waals surface area contributed by atoms with E-state index in [0.29, 0.717) is 18.6 Å². The van der Waals surface area contributed by atoms with Crippen molar-refractivity contribution in [3.8, 4) is 5.75 Å². The molecule has 2 unspecified atom stereocenters. The van der Waals surface area contributed by atoms with Crippen molar-refractivity contribution in [1.82, 2.24) is 0 Å². The molecule has 0 heterocycles. The summed E-state index contributed by atoms with van der Waals surface area (Å²) in [7, 11) is 0. The topological polar surface area (TPSA) is 63.6 Å². The largest absolute Gasteiger partial charge is 0.491 e. The molecule has 4 nitrogen and oxygen atoms in total. The van der Waals surface area contributed by atoms with E-state index in [9.17, 15) is 14.7 Å². The van der Waals surface area contributed by atoms with Crippen LogP contribution in [-0.4, -0.2) is 23.0 Å². The van der Waals surface area contributed by atoms with E-state index in [1.54, 1.807) is 0 Å². The standard InChI is InChI=1S/C17H22O4/c1-10(2)21-15-9-11(3)7-8-12(15)13-5-4-6-14(16(13)18)17(19)20/h7-10,13-14H,4-6H2,1-3H3,(H,19,20). The third-order valence-electron chi connectivity index (χ3n) is 3.88. The summed E-state index contributed by atoms with van der Waals surface area (Å²) in [5.41, 5.74) is 1.89. The molecule has 0 aliphatic heterocycles. The Morgan fingerprint density at radius 3 is 2.67 bits per heavy atom. The first-order valence-corrected chi connectivity index (χ1v) is 7.44. The second-order valence-electron chi connectivity index (χ2n) is 5.98. The van der Waals surface area contributed by atoms with Crippen molar-refractivity contribution in [2.24, 2.45) is 5.92 Å². The first-order chi connectivity index (χ1) is 9.90. The number of hydrogen-bond acceptors (Lipinski definition) is 3. The van der Waals surface area contributed by atoms with Crippen LogP contribution in [0.3, 0.4) is 0 Å². The minimum Gasteiger partial charge on any atom is -0.491 e. The molecule has 0 bridgehead atoms. The summed E-state index contributed by atoms with van der Waals surface area (Å²) in [5.74, 6) is -1.74. The Morgan fingerprint density at radius 2 is 2.05 bits per heavy atom. The van der Waals surface area contributed by atoms with Crippen molar-refractivity contribution in [2.45, 2.75) is 52.1 Å². The SMILES string of the molecule is Cc1ccc(C2CCCC(C(=O)O)C2=O)c(OC(C)C)c1. The van der Waals surface area contributed by atoms with Gasteiger partial charge in [-0.2, -0.15) is 0 Å². The zero-order chi connectivity index (χ0) is 15.6. The molecule has 2 atom stereocenters. The zero-order valence-corrected chi connectivity index (χ0v) is 12.8. The lowest BCUT2D eigenvalue weighted by molar-refractivity contribution is -0.148. The number of ketones is 1. The van der Waals surface area contributed by atoms with Gasteiger partial charge in [0.15, 0.2) is 5.78 Å². The summed E-state index contributed by atoms with van der Waals surface area (Å²) in [6.45, 7) is 5.85. The van der Waals surface area contributed by atoms with Crippen molar-refractivity contribution < 1.29 is 19.4 Å². The second-order valence-corrected chi connectivity index (χ2v) is 5.98. The normalized spacial score (nSPS) is 22.4. The van der Waals surface area contributed by atoms with E-state index in [0.717, 1.165) is 17.5 Å². The van der Waals surface area contributed by atoms with Crippen LogP contribution in [0.25, 0.3) is 0 Å². The molecular formula is C17H22O4. The van der Waals surface area contributed by atoms with Gasteiger partial charge in [-0.3, -0.25) is 9.59 Å². The van der Waals surface area contributed by atoms with Crippen LogP contribution < -0.4 is 4.74 Å². The van der Waals surface area contributed by atoms with Crippen LogP contribution in [0, 0.1) is 12.8 Å². The molecule has 1 N–H and O–H groups in total. The van der Waals surface area contributed by atoms with Crippen LogP contribution >= 0.6 is 0 Å². The number of Topliss-reactive ketones (excluding diaryl/α,β-unsaturated/α-hetero) is 1. The number of rotatable bonds is 4. The predicted octanol–water partition coefficient (Wildman–Crippen LogP) is 3.32. The summed E-state index contributed by atoms with van der Waals surface area (Å²) < 4.78 is 5.82. The Morgan fingerprint density at radius 1 is 1.33 bits per heavy atom. The molecule has 0 radical (unpaired) electrons. The fourth-order valence-corrected chi connectivity index (χ4v) is 2.89. The molecule has 1 fully saturated rings. The third-order valence-corrected chi connectivity index (χ3v) is 3.88. The minimum absolute atomic E-state index is 0.0134. The van der Waals surface area contributed by atoms with Crippen LogP contribution in [0.5, 0.6) is 5.75 Å². The van der Waals surface area contributed by atoms with Crippen molar-refractivity contribution in [3.05, 3.63) is 29.3 Å². The molecular weight excluding hydrogens is 268 g/mol. The van der Waals surface area contributed by atoms with Gasteiger partial charge in [0.2, 0.25) is 0 Å². The highest BCUT2D eigenvalue weighted by atomic mass is 16.5. The lowest BCUT2D eigenvalue weighted by Gasteiger charge is -2.27. The predicted molar refractivity (Wildman–Crippen MR) is 79.7 cm³/mol. The Labute approximate surface area is 125 Å². The summed E-state index contributed by atoms with van der Waals surface area (Å²) in [6, 6.07) is 5.77. The summed E-state index contributed by atoms with van der Waals surface area (Å²) in [5, 5.41) is 9.18. The molecule has 1 aliphatic rings. The average molecular weight is 290 g/mol. The summed E-state index contributed by atoms with van der Waals surface area (Å²) in [4.78, 5) is 23.7. The van der Waals surface area contributed by atoms with Gasteiger partial charge in [0.25, 0.3) is 0 Å². The van der Waals surface area contributed by atoms with Crippen LogP contribution in [0.15, 0.2) is 18.2 Å². The average Bonchev–Trinajstić information content (AvgIpc) is 2.39. The molecule has 0 saturated heterocycles. The number of carboxylic acid groups (broad SMARTS) is 1. The number of carboxylic acids is 1. The Balaban J connectivity index is 2.36. The second kappa shape index (κ2) is 6.29.